The highest BCUT2D eigenvalue weighted by Gasteiger charge is 2.08. The minimum Gasteiger partial charge on any atom is -0.346 e. The fraction of sp³-hybridized carbons (Fsp3) is 0.200. The summed E-state index contributed by atoms with van der Waals surface area (Å²) < 4.78 is 29.3. The summed E-state index contributed by atoms with van der Waals surface area (Å²) in [5, 5.41) is 2.20. The second kappa shape index (κ2) is 7.76. The molecule has 0 amide bonds. The van der Waals surface area contributed by atoms with Crippen molar-refractivity contribution < 1.29 is 8.42 Å². The fourth-order valence-electron chi connectivity index (χ4n) is 2.70. The number of hydrogen-bond acceptors (Lipinski definition) is 3. The summed E-state index contributed by atoms with van der Waals surface area (Å²) in [6.07, 6.45) is 3.61. The quantitative estimate of drug-likeness (QED) is 0.692. The predicted molar refractivity (Wildman–Crippen MR) is 109 cm³/mol. The van der Waals surface area contributed by atoms with E-state index < -0.39 is 10.0 Å². The third-order valence-electron chi connectivity index (χ3n) is 4.06. The van der Waals surface area contributed by atoms with E-state index in [2.05, 4.69) is 14.2 Å². The maximum Gasteiger partial charge on any atom is 0.255 e. The molecule has 0 radical (unpaired) electrons. The van der Waals surface area contributed by atoms with Crippen LogP contribution in [0.4, 0.5) is 5.69 Å². The zero-order valence-corrected chi connectivity index (χ0v) is 15.8. The first-order valence-corrected chi connectivity index (χ1v) is 9.97. The van der Waals surface area contributed by atoms with Crippen molar-refractivity contribution in [3.05, 3.63) is 71.8 Å². The largest absolute Gasteiger partial charge is 0.346 e. The van der Waals surface area contributed by atoms with Crippen molar-refractivity contribution in [2.24, 2.45) is 0 Å². The molecular weight excluding hydrogens is 346 g/mol. The van der Waals surface area contributed by atoms with Crippen molar-refractivity contribution in [3.8, 4) is 0 Å². The van der Waals surface area contributed by atoms with Crippen LogP contribution in [0.1, 0.15) is 5.56 Å². The maximum atomic E-state index is 12.3. The van der Waals surface area contributed by atoms with E-state index in [1.54, 1.807) is 12.1 Å². The van der Waals surface area contributed by atoms with Crippen LogP contribution >= 0.6 is 0 Å². The van der Waals surface area contributed by atoms with E-state index in [9.17, 15) is 8.42 Å². The highest BCUT2D eigenvalue weighted by molar-refractivity contribution is 7.95. The molecule has 1 heterocycles. The van der Waals surface area contributed by atoms with E-state index in [0.717, 1.165) is 29.6 Å². The van der Waals surface area contributed by atoms with Crippen LogP contribution in [0, 0.1) is 0 Å². The van der Waals surface area contributed by atoms with Gasteiger partial charge in [-0.25, -0.2) is 8.42 Å². The summed E-state index contributed by atoms with van der Waals surface area (Å²) in [5.41, 5.74) is 2.49. The maximum absolute atomic E-state index is 12.3. The first-order chi connectivity index (χ1) is 12.4. The van der Waals surface area contributed by atoms with E-state index in [1.165, 1.54) is 5.41 Å². The average molecular weight is 369 g/mol. The van der Waals surface area contributed by atoms with Gasteiger partial charge in [0.1, 0.15) is 0 Å². The molecule has 0 spiro atoms. The lowest BCUT2D eigenvalue weighted by molar-refractivity contribution is 0.387. The Balaban J connectivity index is 1.75. The Hall–Kier alpha value is -2.57. The lowest BCUT2D eigenvalue weighted by atomic mass is 10.2. The monoisotopic (exact) mass is 369 g/mol. The van der Waals surface area contributed by atoms with Crippen molar-refractivity contribution in [1.29, 1.82) is 0 Å². The average Bonchev–Trinajstić information content (AvgIpc) is 3.01. The molecule has 0 unspecified atom stereocenters. The van der Waals surface area contributed by atoms with Crippen molar-refractivity contribution in [2.45, 2.75) is 6.54 Å². The van der Waals surface area contributed by atoms with Crippen LogP contribution in [0.5, 0.6) is 0 Å². The number of benzene rings is 2. The number of nitrogens with one attached hydrogen (secondary N) is 1. The molecule has 5 nitrogen and oxygen atoms in total. The number of likely N-dealkylation sites (N-methyl/N-ethyl adjacent to an activating group) is 1. The van der Waals surface area contributed by atoms with Crippen molar-refractivity contribution in [2.75, 3.05) is 25.4 Å². The second-order valence-corrected chi connectivity index (χ2v) is 8.01. The van der Waals surface area contributed by atoms with Gasteiger partial charge in [0.2, 0.25) is 0 Å². The van der Waals surface area contributed by atoms with E-state index in [0.29, 0.717) is 5.69 Å². The number of sulfonamides is 1. The van der Waals surface area contributed by atoms with Crippen molar-refractivity contribution >= 4 is 32.7 Å². The van der Waals surface area contributed by atoms with Gasteiger partial charge in [-0.2, -0.15) is 0 Å². The molecule has 6 heteroatoms. The minimum atomic E-state index is -3.56. The lowest BCUT2D eigenvalue weighted by Crippen LogP contribution is -2.17. The van der Waals surface area contributed by atoms with Gasteiger partial charge in [-0.15, -0.1) is 0 Å². The van der Waals surface area contributed by atoms with Gasteiger partial charge in [-0.1, -0.05) is 30.3 Å². The highest BCUT2D eigenvalue weighted by Crippen LogP contribution is 2.21. The number of nitrogens with zero attached hydrogens (tertiary/aromatic N) is 2. The van der Waals surface area contributed by atoms with Crippen molar-refractivity contribution in [3.63, 3.8) is 0 Å². The molecule has 0 saturated heterocycles. The Kier molecular flexibility index (Phi) is 5.44. The van der Waals surface area contributed by atoms with E-state index in [-0.39, 0.29) is 0 Å². The summed E-state index contributed by atoms with van der Waals surface area (Å²) >= 11 is 0. The second-order valence-electron chi connectivity index (χ2n) is 6.45. The standard InChI is InChI=1S/C20H23N3O2S/c1-22(2)13-14-23-12-10-18-16-19(8-9-20(18)23)21-26(24,25)15-11-17-6-4-3-5-7-17/h3-12,15-16,21H,13-14H2,1-2H3. The molecule has 3 rings (SSSR count). The number of aromatic nitrogens is 1. The fourth-order valence-corrected chi connectivity index (χ4v) is 3.56. The molecule has 1 aromatic heterocycles. The van der Waals surface area contributed by atoms with Gasteiger partial charge >= 0.3 is 0 Å². The Morgan fingerprint density at radius 3 is 2.58 bits per heavy atom. The van der Waals surface area contributed by atoms with Crippen LogP contribution in [0.25, 0.3) is 17.0 Å². The first kappa shape index (κ1) is 18.2. The Bertz CT molecular complexity index is 1010. The van der Waals surface area contributed by atoms with Gasteiger partial charge in [0.25, 0.3) is 10.0 Å². The molecule has 0 fully saturated rings. The number of hydrogen-bond donors (Lipinski definition) is 1. The van der Waals surface area contributed by atoms with Crippen LogP contribution in [-0.4, -0.2) is 38.5 Å². The SMILES string of the molecule is CN(C)CCn1ccc2cc(NS(=O)(=O)C=Cc3ccccc3)ccc21. The summed E-state index contributed by atoms with van der Waals surface area (Å²) in [6.45, 7) is 1.84. The third-order valence-corrected chi connectivity index (χ3v) is 5.07. The zero-order chi connectivity index (χ0) is 18.6. The number of rotatable bonds is 7. The summed E-state index contributed by atoms with van der Waals surface area (Å²) in [4.78, 5) is 2.13. The van der Waals surface area contributed by atoms with Crippen LogP contribution in [0.3, 0.4) is 0 Å². The molecule has 0 aliphatic heterocycles. The molecule has 0 atom stereocenters. The van der Waals surface area contributed by atoms with Crippen molar-refractivity contribution in [1.82, 2.24) is 9.47 Å². The number of anilines is 1. The smallest absolute Gasteiger partial charge is 0.255 e. The lowest BCUT2D eigenvalue weighted by Gasteiger charge is -2.11. The molecule has 0 aliphatic carbocycles. The highest BCUT2D eigenvalue weighted by atomic mass is 32.2. The van der Waals surface area contributed by atoms with Gasteiger partial charge in [-0.3, -0.25) is 4.72 Å². The Labute approximate surface area is 154 Å². The zero-order valence-electron chi connectivity index (χ0n) is 15.0. The predicted octanol–water partition coefficient (Wildman–Crippen LogP) is 3.62. The van der Waals surface area contributed by atoms with Gasteiger partial charge in [0, 0.05) is 35.9 Å². The van der Waals surface area contributed by atoms with Gasteiger partial charge in [0.15, 0.2) is 0 Å². The normalized spacial score (nSPS) is 12.3. The van der Waals surface area contributed by atoms with Gasteiger partial charge in [0.05, 0.1) is 5.41 Å². The summed E-state index contributed by atoms with van der Waals surface area (Å²) in [6, 6.07) is 16.9. The van der Waals surface area contributed by atoms with E-state index >= 15 is 0 Å². The van der Waals surface area contributed by atoms with Gasteiger partial charge < -0.3 is 9.47 Å². The van der Waals surface area contributed by atoms with Crippen LogP contribution in [0.15, 0.2) is 66.2 Å². The van der Waals surface area contributed by atoms with E-state index in [1.807, 2.05) is 68.8 Å². The molecule has 0 bridgehead atoms. The summed E-state index contributed by atoms with van der Waals surface area (Å²) in [7, 11) is 0.526. The summed E-state index contributed by atoms with van der Waals surface area (Å²) in [5.74, 6) is 0. The molecule has 1 N–H and O–H groups in total. The van der Waals surface area contributed by atoms with Crippen LogP contribution in [0.2, 0.25) is 0 Å². The molecule has 3 aromatic rings. The first-order valence-electron chi connectivity index (χ1n) is 8.42. The van der Waals surface area contributed by atoms with Crippen LogP contribution in [-0.2, 0) is 16.6 Å². The minimum absolute atomic E-state index is 0.556. The number of fused-ring (bicyclic) bond motifs is 1. The van der Waals surface area contributed by atoms with E-state index in [4.69, 9.17) is 0 Å². The van der Waals surface area contributed by atoms with Gasteiger partial charge in [-0.05, 0) is 50.0 Å². The topological polar surface area (TPSA) is 54.3 Å². The molecule has 0 saturated carbocycles. The third kappa shape index (κ3) is 4.74. The Morgan fingerprint density at radius 2 is 1.85 bits per heavy atom. The molecule has 0 aliphatic rings. The molecule has 26 heavy (non-hydrogen) atoms. The Morgan fingerprint density at radius 1 is 1.08 bits per heavy atom. The molecule has 136 valence electrons. The molecule has 2 aromatic carbocycles. The molecular formula is C20H23N3O2S. The van der Waals surface area contributed by atoms with Crippen LogP contribution < -0.4 is 4.72 Å².